The van der Waals surface area contributed by atoms with E-state index in [-0.39, 0.29) is 12.5 Å². The van der Waals surface area contributed by atoms with Crippen LogP contribution in [0.5, 0.6) is 11.5 Å². The lowest BCUT2D eigenvalue weighted by molar-refractivity contribution is -0.135. The van der Waals surface area contributed by atoms with Crippen LogP contribution in [0.2, 0.25) is 5.02 Å². The first-order chi connectivity index (χ1) is 11.5. The Balaban J connectivity index is 1.79. The molecule has 0 saturated heterocycles. The molecule has 0 saturated carbocycles. The average molecular weight is 346 g/mol. The van der Waals surface area contributed by atoms with Crippen LogP contribution in [0, 0.1) is 6.92 Å². The summed E-state index contributed by atoms with van der Waals surface area (Å²) in [6.45, 7) is 3.26. The molecule has 5 nitrogen and oxygen atoms in total. The van der Waals surface area contributed by atoms with Gasteiger partial charge in [0.05, 0.1) is 5.69 Å². The van der Waals surface area contributed by atoms with Gasteiger partial charge in [-0.1, -0.05) is 23.7 Å². The number of anilines is 1. The van der Waals surface area contributed by atoms with Gasteiger partial charge in [-0.2, -0.15) is 0 Å². The van der Waals surface area contributed by atoms with Crippen LogP contribution in [-0.4, -0.2) is 24.5 Å². The molecule has 3 rings (SSSR count). The third-order valence-corrected chi connectivity index (χ3v) is 3.96. The maximum atomic E-state index is 12.4. The smallest absolute Gasteiger partial charge is 0.331 e. The number of rotatable bonds is 3. The normalized spacial score (nSPS) is 16.4. The summed E-state index contributed by atoms with van der Waals surface area (Å²) >= 11 is 5.89. The molecule has 2 aromatic carbocycles. The van der Waals surface area contributed by atoms with Crippen molar-refractivity contribution in [1.29, 1.82) is 0 Å². The quantitative estimate of drug-likeness (QED) is 0.632. The lowest BCUT2D eigenvalue weighted by Gasteiger charge is -2.32. The highest BCUT2D eigenvalue weighted by Gasteiger charge is 2.33. The first kappa shape index (κ1) is 16.3. The fourth-order valence-corrected chi connectivity index (χ4v) is 2.76. The Morgan fingerprint density at radius 2 is 2.04 bits per heavy atom. The van der Waals surface area contributed by atoms with Crippen molar-refractivity contribution in [2.45, 2.75) is 20.0 Å². The second kappa shape index (κ2) is 6.53. The molecule has 124 valence electrons. The SMILES string of the molecule is Cc1cc(Cl)ccc1OC(=O)CN1C(=O)C(C)Oc2ccccc21. The molecule has 0 bridgehead atoms. The van der Waals surface area contributed by atoms with Crippen molar-refractivity contribution in [2.24, 2.45) is 0 Å². The van der Waals surface area contributed by atoms with Crippen molar-refractivity contribution in [3.05, 3.63) is 53.1 Å². The highest BCUT2D eigenvalue weighted by molar-refractivity contribution is 6.30. The van der Waals surface area contributed by atoms with Crippen LogP contribution in [0.1, 0.15) is 12.5 Å². The van der Waals surface area contributed by atoms with Gasteiger partial charge in [-0.3, -0.25) is 9.69 Å². The summed E-state index contributed by atoms with van der Waals surface area (Å²) in [4.78, 5) is 26.0. The van der Waals surface area contributed by atoms with E-state index >= 15 is 0 Å². The minimum Gasteiger partial charge on any atom is -0.479 e. The van der Waals surface area contributed by atoms with Crippen molar-refractivity contribution in [3.8, 4) is 11.5 Å². The van der Waals surface area contributed by atoms with Crippen LogP contribution in [0.15, 0.2) is 42.5 Å². The maximum absolute atomic E-state index is 12.4. The number of nitrogens with zero attached hydrogens (tertiary/aromatic N) is 1. The Kier molecular flexibility index (Phi) is 4.44. The van der Waals surface area contributed by atoms with Crippen LogP contribution in [0.25, 0.3) is 0 Å². The van der Waals surface area contributed by atoms with E-state index in [1.807, 2.05) is 6.07 Å². The number of aryl methyl sites for hydroxylation is 1. The summed E-state index contributed by atoms with van der Waals surface area (Å²) in [6.07, 6.45) is -0.648. The van der Waals surface area contributed by atoms with Gasteiger partial charge >= 0.3 is 5.97 Å². The Bertz CT molecular complexity index is 805. The second-order valence-electron chi connectivity index (χ2n) is 5.54. The molecule has 0 radical (unpaired) electrons. The van der Waals surface area contributed by atoms with Gasteiger partial charge in [0.25, 0.3) is 5.91 Å². The highest BCUT2D eigenvalue weighted by atomic mass is 35.5. The molecule has 1 amide bonds. The van der Waals surface area contributed by atoms with E-state index in [1.54, 1.807) is 50.2 Å². The first-order valence-corrected chi connectivity index (χ1v) is 7.87. The molecule has 24 heavy (non-hydrogen) atoms. The zero-order valence-electron chi connectivity index (χ0n) is 13.3. The van der Waals surface area contributed by atoms with Gasteiger partial charge in [0.1, 0.15) is 18.0 Å². The standard InChI is InChI=1S/C18H16ClNO4/c1-11-9-13(19)7-8-15(11)24-17(21)10-20-14-5-3-4-6-16(14)23-12(2)18(20)22/h3-9,12H,10H2,1-2H3. The monoisotopic (exact) mass is 345 g/mol. The molecular formula is C18H16ClNO4. The molecular weight excluding hydrogens is 330 g/mol. The number of benzene rings is 2. The van der Waals surface area contributed by atoms with E-state index in [0.717, 1.165) is 5.56 Å². The molecule has 0 aliphatic carbocycles. The zero-order chi connectivity index (χ0) is 17.3. The topological polar surface area (TPSA) is 55.8 Å². The van der Waals surface area contributed by atoms with Crippen molar-refractivity contribution in [2.75, 3.05) is 11.4 Å². The summed E-state index contributed by atoms with van der Waals surface area (Å²) in [6, 6.07) is 12.1. The number of carbonyl (C=O) groups excluding carboxylic acids is 2. The number of para-hydroxylation sites is 2. The number of hydrogen-bond donors (Lipinski definition) is 0. The summed E-state index contributed by atoms with van der Waals surface area (Å²) in [7, 11) is 0. The first-order valence-electron chi connectivity index (χ1n) is 7.49. The predicted molar refractivity (Wildman–Crippen MR) is 90.7 cm³/mol. The number of ether oxygens (including phenoxy) is 2. The van der Waals surface area contributed by atoms with E-state index in [1.165, 1.54) is 4.90 Å². The third-order valence-electron chi connectivity index (χ3n) is 3.72. The summed E-state index contributed by atoms with van der Waals surface area (Å²) in [5.41, 5.74) is 1.31. The Labute approximate surface area is 144 Å². The molecule has 1 aliphatic heterocycles. The molecule has 0 spiro atoms. The zero-order valence-corrected chi connectivity index (χ0v) is 14.0. The summed E-state index contributed by atoms with van der Waals surface area (Å²) in [5, 5.41) is 0.568. The molecule has 1 heterocycles. The largest absolute Gasteiger partial charge is 0.479 e. The van der Waals surface area contributed by atoms with Crippen molar-refractivity contribution >= 4 is 29.2 Å². The maximum Gasteiger partial charge on any atom is 0.331 e. The third kappa shape index (κ3) is 3.21. The van der Waals surface area contributed by atoms with Crippen molar-refractivity contribution < 1.29 is 19.1 Å². The molecule has 1 atom stereocenters. The van der Waals surface area contributed by atoms with Crippen LogP contribution in [0.3, 0.4) is 0 Å². The van der Waals surface area contributed by atoms with E-state index in [9.17, 15) is 9.59 Å². The minimum atomic E-state index is -0.648. The number of halogens is 1. The van der Waals surface area contributed by atoms with Crippen molar-refractivity contribution in [3.63, 3.8) is 0 Å². The van der Waals surface area contributed by atoms with Crippen LogP contribution in [-0.2, 0) is 9.59 Å². The minimum absolute atomic E-state index is 0.189. The fraction of sp³-hybridized carbons (Fsp3) is 0.222. The molecule has 2 aromatic rings. The predicted octanol–water partition coefficient (Wildman–Crippen LogP) is 3.37. The lowest BCUT2D eigenvalue weighted by Crippen LogP contribution is -2.47. The molecule has 1 aliphatic rings. The molecule has 0 fully saturated rings. The fourth-order valence-electron chi connectivity index (χ4n) is 2.53. The van der Waals surface area contributed by atoms with Crippen LogP contribution < -0.4 is 14.4 Å². The Morgan fingerprint density at radius 1 is 1.29 bits per heavy atom. The Morgan fingerprint density at radius 3 is 2.79 bits per heavy atom. The lowest BCUT2D eigenvalue weighted by atomic mass is 10.2. The van der Waals surface area contributed by atoms with Gasteiger partial charge in [-0.25, -0.2) is 4.79 Å². The number of carbonyl (C=O) groups is 2. The van der Waals surface area contributed by atoms with Crippen LogP contribution >= 0.6 is 11.6 Å². The van der Waals surface area contributed by atoms with Gasteiger partial charge < -0.3 is 9.47 Å². The van der Waals surface area contributed by atoms with Gasteiger partial charge in [0, 0.05) is 5.02 Å². The average Bonchev–Trinajstić information content (AvgIpc) is 2.54. The molecule has 0 N–H and O–H groups in total. The Hall–Kier alpha value is -2.53. The van der Waals surface area contributed by atoms with Crippen molar-refractivity contribution in [1.82, 2.24) is 0 Å². The van der Waals surface area contributed by atoms with Gasteiger partial charge in [0.2, 0.25) is 0 Å². The number of fused-ring (bicyclic) bond motifs is 1. The van der Waals surface area contributed by atoms with Crippen LogP contribution in [0.4, 0.5) is 5.69 Å². The van der Waals surface area contributed by atoms with E-state index in [4.69, 9.17) is 21.1 Å². The molecule has 6 heteroatoms. The number of amides is 1. The number of hydrogen-bond acceptors (Lipinski definition) is 4. The molecule has 0 aromatic heterocycles. The second-order valence-corrected chi connectivity index (χ2v) is 5.97. The summed E-state index contributed by atoms with van der Waals surface area (Å²) in [5.74, 6) is 0.183. The van der Waals surface area contributed by atoms with Gasteiger partial charge in [0.15, 0.2) is 6.10 Å². The van der Waals surface area contributed by atoms with E-state index < -0.39 is 12.1 Å². The van der Waals surface area contributed by atoms with Gasteiger partial charge in [-0.05, 0) is 49.7 Å². The number of esters is 1. The molecule has 1 unspecified atom stereocenters. The van der Waals surface area contributed by atoms with Gasteiger partial charge in [-0.15, -0.1) is 0 Å². The summed E-state index contributed by atoms with van der Waals surface area (Å²) < 4.78 is 10.9. The highest BCUT2D eigenvalue weighted by Crippen LogP contribution is 2.33. The van der Waals surface area contributed by atoms with E-state index in [0.29, 0.717) is 22.2 Å². The van der Waals surface area contributed by atoms with E-state index in [2.05, 4.69) is 0 Å².